The van der Waals surface area contributed by atoms with E-state index in [1.54, 1.807) is 12.1 Å². The van der Waals surface area contributed by atoms with E-state index < -0.39 is 0 Å². The number of aromatic nitrogens is 1. The second-order valence-corrected chi connectivity index (χ2v) is 5.48. The molecule has 100 valence electrons. The number of rotatable bonds is 4. The Morgan fingerprint density at radius 1 is 1.53 bits per heavy atom. The van der Waals surface area contributed by atoms with Crippen molar-refractivity contribution in [2.75, 3.05) is 12.5 Å². The number of thiazole rings is 1. The molecule has 0 bridgehead atoms. The Kier molecular flexibility index (Phi) is 4.39. The van der Waals surface area contributed by atoms with E-state index in [9.17, 15) is 5.11 Å². The van der Waals surface area contributed by atoms with Crippen LogP contribution in [-0.4, -0.2) is 23.4 Å². The molecule has 0 saturated carbocycles. The van der Waals surface area contributed by atoms with Crippen molar-refractivity contribution >= 4 is 38.6 Å². The largest absolute Gasteiger partial charge is 0.504 e. The molecule has 0 amide bonds. The highest BCUT2D eigenvalue weighted by Gasteiger charge is 2.08. The van der Waals surface area contributed by atoms with E-state index in [2.05, 4.69) is 31.4 Å². The molecular weight excluding hydrogens is 330 g/mol. The molecule has 0 aliphatic rings. The molecule has 19 heavy (non-hydrogen) atoms. The third-order valence-electron chi connectivity index (χ3n) is 2.27. The highest BCUT2D eigenvalue weighted by molar-refractivity contribution is 9.10. The molecule has 0 fully saturated rings. The molecule has 2 rings (SSSR count). The number of ether oxygens (including phenoxy) is 1. The Labute approximate surface area is 123 Å². The average molecular weight is 342 g/mol. The van der Waals surface area contributed by atoms with Gasteiger partial charge in [0.15, 0.2) is 11.5 Å². The number of anilines is 1. The average Bonchev–Trinajstić information content (AvgIpc) is 2.79. The van der Waals surface area contributed by atoms with Gasteiger partial charge < -0.3 is 9.84 Å². The molecule has 7 heteroatoms. The molecule has 0 spiro atoms. The summed E-state index contributed by atoms with van der Waals surface area (Å²) in [5, 5.41) is 16.6. The van der Waals surface area contributed by atoms with Gasteiger partial charge in [-0.05, 0) is 19.1 Å². The molecule has 0 atom stereocenters. The second-order valence-electron chi connectivity index (χ2n) is 3.71. The Balaban J connectivity index is 2.16. The molecule has 2 aromatic rings. The summed E-state index contributed by atoms with van der Waals surface area (Å²) in [7, 11) is 1.50. The lowest BCUT2D eigenvalue weighted by molar-refractivity contribution is 0.373. The van der Waals surface area contributed by atoms with E-state index in [0.717, 1.165) is 10.2 Å². The molecule has 0 unspecified atom stereocenters. The number of phenolic OH excluding ortho intramolecular Hbond substituents is 1. The third-order valence-corrected chi connectivity index (χ3v) is 3.59. The minimum atomic E-state index is 0.0477. The van der Waals surface area contributed by atoms with Crippen LogP contribution in [0, 0.1) is 6.92 Å². The smallest absolute Gasteiger partial charge is 0.203 e. The van der Waals surface area contributed by atoms with Crippen molar-refractivity contribution in [2.45, 2.75) is 6.92 Å². The molecule has 1 heterocycles. The minimum absolute atomic E-state index is 0.0477. The van der Waals surface area contributed by atoms with Crippen LogP contribution in [0.15, 0.2) is 27.1 Å². The van der Waals surface area contributed by atoms with Gasteiger partial charge in [0.1, 0.15) is 0 Å². The number of phenols is 1. The van der Waals surface area contributed by atoms with Gasteiger partial charge in [0.25, 0.3) is 0 Å². The summed E-state index contributed by atoms with van der Waals surface area (Å²) in [4.78, 5) is 4.21. The number of aryl methyl sites for hydroxylation is 1. The fourth-order valence-corrected chi connectivity index (χ4v) is 2.50. The predicted octanol–water partition coefficient (Wildman–Crippen LogP) is 3.37. The Morgan fingerprint density at radius 2 is 2.32 bits per heavy atom. The van der Waals surface area contributed by atoms with Crippen LogP contribution in [0.2, 0.25) is 0 Å². The standard InChI is InChI=1S/C12H12BrN3O2S/c1-7-6-19-12(15-7)16-14-5-8-3-9(13)4-10(18-2)11(8)17/h3-6,17H,1-2H3,(H,15,16)/b14-5+. The Bertz CT molecular complexity index is 613. The van der Waals surface area contributed by atoms with Crippen LogP contribution in [0.25, 0.3) is 0 Å². The minimum Gasteiger partial charge on any atom is -0.504 e. The van der Waals surface area contributed by atoms with E-state index in [0.29, 0.717) is 16.4 Å². The fraction of sp³-hybridized carbons (Fsp3) is 0.167. The molecule has 0 aliphatic carbocycles. The number of hydrazone groups is 1. The van der Waals surface area contributed by atoms with Gasteiger partial charge in [-0.1, -0.05) is 15.9 Å². The first-order valence-electron chi connectivity index (χ1n) is 5.38. The number of benzene rings is 1. The van der Waals surface area contributed by atoms with E-state index >= 15 is 0 Å². The van der Waals surface area contributed by atoms with Crippen LogP contribution in [-0.2, 0) is 0 Å². The topological polar surface area (TPSA) is 66.7 Å². The lowest BCUT2D eigenvalue weighted by Gasteiger charge is -2.06. The first-order valence-corrected chi connectivity index (χ1v) is 7.05. The zero-order chi connectivity index (χ0) is 13.8. The van der Waals surface area contributed by atoms with E-state index in [1.165, 1.54) is 24.7 Å². The molecule has 5 nitrogen and oxygen atoms in total. The summed E-state index contributed by atoms with van der Waals surface area (Å²) >= 11 is 4.81. The van der Waals surface area contributed by atoms with E-state index in [-0.39, 0.29) is 5.75 Å². The van der Waals surface area contributed by atoms with Crippen molar-refractivity contribution in [3.8, 4) is 11.5 Å². The lowest BCUT2D eigenvalue weighted by Crippen LogP contribution is -1.93. The van der Waals surface area contributed by atoms with Gasteiger partial charge in [-0.2, -0.15) is 5.10 Å². The van der Waals surface area contributed by atoms with Gasteiger partial charge in [0.05, 0.1) is 19.0 Å². The SMILES string of the molecule is COc1cc(Br)cc(/C=N/Nc2nc(C)cs2)c1O. The molecular formula is C12H12BrN3O2S. The van der Waals surface area contributed by atoms with Gasteiger partial charge in [0, 0.05) is 15.4 Å². The van der Waals surface area contributed by atoms with Gasteiger partial charge in [-0.15, -0.1) is 11.3 Å². The highest BCUT2D eigenvalue weighted by Crippen LogP contribution is 2.32. The third kappa shape index (κ3) is 3.45. The van der Waals surface area contributed by atoms with Crippen molar-refractivity contribution in [3.63, 3.8) is 0 Å². The van der Waals surface area contributed by atoms with E-state index in [1.807, 2.05) is 12.3 Å². The second kappa shape index (κ2) is 6.03. The molecule has 0 aliphatic heterocycles. The fourth-order valence-electron chi connectivity index (χ4n) is 1.41. The van der Waals surface area contributed by atoms with E-state index in [4.69, 9.17) is 4.74 Å². The highest BCUT2D eigenvalue weighted by atomic mass is 79.9. The summed E-state index contributed by atoms with van der Waals surface area (Å²) in [5.41, 5.74) is 4.30. The summed E-state index contributed by atoms with van der Waals surface area (Å²) in [6.07, 6.45) is 1.51. The summed E-state index contributed by atoms with van der Waals surface area (Å²) in [6.45, 7) is 1.91. The number of hydrogen-bond acceptors (Lipinski definition) is 6. The van der Waals surface area contributed by atoms with Crippen LogP contribution in [0.3, 0.4) is 0 Å². The zero-order valence-electron chi connectivity index (χ0n) is 10.3. The van der Waals surface area contributed by atoms with Crippen LogP contribution >= 0.6 is 27.3 Å². The first kappa shape index (κ1) is 13.8. The quantitative estimate of drug-likeness (QED) is 0.660. The van der Waals surface area contributed by atoms with Crippen molar-refractivity contribution in [3.05, 3.63) is 33.2 Å². The van der Waals surface area contributed by atoms with Crippen LogP contribution in [0.1, 0.15) is 11.3 Å². The predicted molar refractivity (Wildman–Crippen MR) is 80.4 cm³/mol. The van der Waals surface area contributed by atoms with Crippen molar-refractivity contribution in [2.24, 2.45) is 5.10 Å². The zero-order valence-corrected chi connectivity index (χ0v) is 12.7. The molecule has 2 N–H and O–H groups in total. The number of nitrogens with zero attached hydrogens (tertiary/aromatic N) is 2. The number of methoxy groups -OCH3 is 1. The van der Waals surface area contributed by atoms with Crippen molar-refractivity contribution in [1.29, 1.82) is 0 Å². The molecule has 1 aromatic heterocycles. The summed E-state index contributed by atoms with van der Waals surface area (Å²) in [6, 6.07) is 3.43. The van der Waals surface area contributed by atoms with Crippen molar-refractivity contribution < 1.29 is 9.84 Å². The number of hydrogen-bond donors (Lipinski definition) is 2. The van der Waals surface area contributed by atoms with Crippen LogP contribution in [0.5, 0.6) is 11.5 Å². The van der Waals surface area contributed by atoms with Gasteiger partial charge in [0.2, 0.25) is 5.13 Å². The molecule has 0 radical (unpaired) electrons. The lowest BCUT2D eigenvalue weighted by atomic mass is 10.2. The summed E-state index contributed by atoms with van der Waals surface area (Å²) < 4.78 is 5.86. The maximum absolute atomic E-state index is 9.94. The van der Waals surface area contributed by atoms with Crippen LogP contribution < -0.4 is 10.2 Å². The summed E-state index contributed by atoms with van der Waals surface area (Å²) in [5.74, 6) is 0.437. The van der Waals surface area contributed by atoms with Crippen molar-refractivity contribution in [1.82, 2.24) is 4.98 Å². The van der Waals surface area contributed by atoms with Crippen LogP contribution in [0.4, 0.5) is 5.13 Å². The maximum Gasteiger partial charge on any atom is 0.203 e. The Hall–Kier alpha value is -1.60. The number of nitrogens with one attached hydrogen (secondary N) is 1. The van der Waals surface area contributed by atoms with Gasteiger partial charge >= 0.3 is 0 Å². The van der Waals surface area contributed by atoms with Gasteiger partial charge in [-0.3, -0.25) is 5.43 Å². The molecule has 1 aromatic carbocycles. The monoisotopic (exact) mass is 341 g/mol. The first-order chi connectivity index (χ1) is 9.10. The molecule has 0 saturated heterocycles. The van der Waals surface area contributed by atoms with Gasteiger partial charge in [-0.25, -0.2) is 4.98 Å². The Morgan fingerprint density at radius 3 is 2.95 bits per heavy atom. The number of aromatic hydroxyl groups is 1. The maximum atomic E-state index is 9.94. The normalized spacial score (nSPS) is 10.9. The number of halogens is 1.